The van der Waals surface area contributed by atoms with Crippen LogP contribution in [0.15, 0.2) is 36.4 Å². The highest BCUT2D eigenvalue weighted by Gasteiger charge is 2.13. The van der Waals surface area contributed by atoms with Crippen molar-refractivity contribution in [3.8, 4) is 0 Å². The van der Waals surface area contributed by atoms with Crippen LogP contribution in [-0.4, -0.2) is 10.8 Å². The van der Waals surface area contributed by atoms with Crippen LogP contribution >= 0.6 is 11.6 Å². The highest BCUT2D eigenvalue weighted by atomic mass is 35.5. The van der Waals surface area contributed by atoms with Crippen molar-refractivity contribution in [3.63, 3.8) is 0 Å². The number of carbonyl (C=O) groups excluding carboxylic acids is 1. The van der Waals surface area contributed by atoms with E-state index in [0.717, 1.165) is 5.56 Å². The molecule has 7 heteroatoms. The Morgan fingerprint density at radius 1 is 1.29 bits per heavy atom. The fourth-order valence-corrected chi connectivity index (χ4v) is 1.95. The van der Waals surface area contributed by atoms with E-state index in [0.29, 0.717) is 16.9 Å². The molecule has 0 heterocycles. The second kappa shape index (κ2) is 5.80. The highest BCUT2D eigenvalue weighted by Crippen LogP contribution is 2.27. The molecule has 0 aliphatic heterocycles. The first-order chi connectivity index (χ1) is 9.88. The summed E-state index contributed by atoms with van der Waals surface area (Å²) in [5, 5.41) is 13.3. The van der Waals surface area contributed by atoms with Crippen molar-refractivity contribution < 1.29 is 9.72 Å². The van der Waals surface area contributed by atoms with Crippen LogP contribution in [0.1, 0.15) is 15.9 Å². The molecular formula is C14H12ClN3O3. The van der Waals surface area contributed by atoms with E-state index in [9.17, 15) is 14.9 Å². The topological polar surface area (TPSA) is 98.3 Å². The zero-order valence-electron chi connectivity index (χ0n) is 11.1. The Kier molecular flexibility index (Phi) is 4.09. The van der Waals surface area contributed by atoms with Gasteiger partial charge in [0.05, 0.1) is 15.6 Å². The monoisotopic (exact) mass is 305 g/mol. The van der Waals surface area contributed by atoms with E-state index in [-0.39, 0.29) is 16.6 Å². The van der Waals surface area contributed by atoms with Gasteiger partial charge in [-0.1, -0.05) is 11.6 Å². The number of hydrogen-bond acceptors (Lipinski definition) is 4. The Balaban J connectivity index is 2.23. The van der Waals surface area contributed by atoms with Crippen LogP contribution in [0.3, 0.4) is 0 Å². The highest BCUT2D eigenvalue weighted by molar-refractivity contribution is 6.34. The lowest BCUT2D eigenvalue weighted by Crippen LogP contribution is -2.12. The molecule has 0 bridgehead atoms. The fraction of sp³-hybridized carbons (Fsp3) is 0.0714. The van der Waals surface area contributed by atoms with Gasteiger partial charge in [0.15, 0.2) is 0 Å². The number of anilines is 2. The molecule has 21 heavy (non-hydrogen) atoms. The number of nitro groups is 1. The lowest BCUT2D eigenvalue weighted by molar-refractivity contribution is -0.384. The molecule has 0 unspecified atom stereocenters. The second-order valence-corrected chi connectivity index (χ2v) is 4.85. The minimum atomic E-state index is -0.555. The predicted octanol–water partition coefficient (Wildman–Crippen LogP) is 3.39. The maximum absolute atomic E-state index is 12.1. The number of nitrogens with one attached hydrogen (secondary N) is 1. The molecular weight excluding hydrogens is 294 g/mol. The summed E-state index contributed by atoms with van der Waals surface area (Å²) in [7, 11) is 0. The number of benzene rings is 2. The number of nitrogens with zero attached hydrogens (tertiary/aromatic N) is 1. The van der Waals surface area contributed by atoms with E-state index in [1.165, 1.54) is 18.2 Å². The third-order valence-electron chi connectivity index (χ3n) is 2.94. The van der Waals surface area contributed by atoms with Gasteiger partial charge in [0.1, 0.15) is 0 Å². The van der Waals surface area contributed by atoms with Crippen molar-refractivity contribution in [2.75, 3.05) is 11.1 Å². The zero-order valence-corrected chi connectivity index (χ0v) is 11.8. The third kappa shape index (κ3) is 3.29. The Labute approximate surface area is 125 Å². The molecule has 0 fully saturated rings. The average Bonchev–Trinajstić information content (AvgIpc) is 2.43. The van der Waals surface area contributed by atoms with Crippen LogP contribution in [0.5, 0.6) is 0 Å². The molecule has 0 aromatic heterocycles. The number of hydrogen-bond donors (Lipinski definition) is 2. The molecule has 2 aromatic rings. The number of carbonyl (C=O) groups is 1. The zero-order chi connectivity index (χ0) is 15.6. The molecule has 1 amide bonds. The summed E-state index contributed by atoms with van der Waals surface area (Å²) in [6.07, 6.45) is 0. The smallest absolute Gasteiger partial charge is 0.271 e. The molecule has 0 saturated carbocycles. The Bertz CT molecular complexity index is 731. The van der Waals surface area contributed by atoms with E-state index < -0.39 is 4.92 Å². The Morgan fingerprint density at radius 2 is 2.00 bits per heavy atom. The maximum atomic E-state index is 12.1. The van der Waals surface area contributed by atoms with Crippen LogP contribution < -0.4 is 11.1 Å². The van der Waals surface area contributed by atoms with E-state index in [4.69, 9.17) is 17.3 Å². The summed E-state index contributed by atoms with van der Waals surface area (Å²) in [5.41, 5.74) is 7.68. The van der Waals surface area contributed by atoms with Gasteiger partial charge in [-0.3, -0.25) is 14.9 Å². The van der Waals surface area contributed by atoms with Crippen molar-refractivity contribution in [2.24, 2.45) is 0 Å². The van der Waals surface area contributed by atoms with Crippen LogP contribution in [0.25, 0.3) is 0 Å². The Hall–Kier alpha value is -2.60. The first-order valence-corrected chi connectivity index (χ1v) is 6.37. The van der Waals surface area contributed by atoms with Crippen molar-refractivity contribution in [1.82, 2.24) is 0 Å². The molecule has 108 valence electrons. The van der Waals surface area contributed by atoms with Gasteiger partial charge in [0.2, 0.25) is 0 Å². The molecule has 3 N–H and O–H groups in total. The number of aryl methyl sites for hydroxylation is 1. The van der Waals surface area contributed by atoms with Gasteiger partial charge >= 0.3 is 0 Å². The van der Waals surface area contributed by atoms with Crippen LogP contribution in [0.2, 0.25) is 5.02 Å². The Morgan fingerprint density at radius 3 is 2.57 bits per heavy atom. The minimum Gasteiger partial charge on any atom is -0.399 e. The van der Waals surface area contributed by atoms with Crippen LogP contribution in [-0.2, 0) is 0 Å². The summed E-state index contributed by atoms with van der Waals surface area (Å²) in [5.74, 6) is -0.367. The summed E-state index contributed by atoms with van der Waals surface area (Å²) in [6.45, 7) is 1.80. The quantitative estimate of drug-likeness (QED) is 0.516. The number of amides is 1. The van der Waals surface area contributed by atoms with Crippen molar-refractivity contribution >= 4 is 34.6 Å². The standard InChI is InChI=1S/C14H12ClN3O3/c1-8-6-9(2-4-12(8)16)14(19)17-13-5-3-10(18(20)21)7-11(13)15/h2-7H,16H2,1H3,(H,17,19). The van der Waals surface area contributed by atoms with Gasteiger partial charge in [-0.2, -0.15) is 0 Å². The molecule has 2 aromatic carbocycles. The molecule has 0 atom stereocenters. The number of nitrogens with two attached hydrogens (primary N) is 1. The van der Waals surface area contributed by atoms with Gasteiger partial charge in [0, 0.05) is 23.4 Å². The van der Waals surface area contributed by atoms with E-state index in [1.807, 2.05) is 0 Å². The van der Waals surface area contributed by atoms with E-state index >= 15 is 0 Å². The summed E-state index contributed by atoms with van der Waals surface area (Å²) < 4.78 is 0. The predicted molar refractivity (Wildman–Crippen MR) is 81.7 cm³/mol. The van der Waals surface area contributed by atoms with E-state index in [1.54, 1.807) is 25.1 Å². The number of nitro benzene ring substituents is 1. The lowest BCUT2D eigenvalue weighted by atomic mass is 10.1. The van der Waals surface area contributed by atoms with E-state index in [2.05, 4.69) is 5.32 Å². The number of rotatable bonds is 3. The summed E-state index contributed by atoms with van der Waals surface area (Å²) in [6, 6.07) is 8.74. The number of halogens is 1. The molecule has 0 aliphatic carbocycles. The van der Waals surface area contributed by atoms with Gasteiger partial charge < -0.3 is 11.1 Å². The first-order valence-electron chi connectivity index (χ1n) is 6.00. The van der Waals surface area contributed by atoms with Crippen LogP contribution in [0.4, 0.5) is 17.1 Å². The van der Waals surface area contributed by atoms with Crippen molar-refractivity contribution in [3.05, 3.63) is 62.7 Å². The van der Waals surface area contributed by atoms with Crippen molar-refractivity contribution in [1.29, 1.82) is 0 Å². The lowest BCUT2D eigenvalue weighted by Gasteiger charge is -2.08. The number of non-ortho nitro benzene ring substituents is 1. The fourth-order valence-electron chi connectivity index (χ4n) is 1.73. The van der Waals surface area contributed by atoms with Crippen molar-refractivity contribution in [2.45, 2.75) is 6.92 Å². The largest absolute Gasteiger partial charge is 0.399 e. The molecule has 0 saturated heterocycles. The summed E-state index contributed by atoms with van der Waals surface area (Å²) >= 11 is 5.92. The second-order valence-electron chi connectivity index (χ2n) is 4.45. The third-order valence-corrected chi connectivity index (χ3v) is 3.26. The first kappa shape index (κ1) is 14.8. The molecule has 6 nitrogen and oxygen atoms in total. The molecule has 0 radical (unpaired) electrons. The minimum absolute atomic E-state index is 0.102. The molecule has 0 aliphatic rings. The molecule has 0 spiro atoms. The van der Waals surface area contributed by atoms with Gasteiger partial charge in [0.25, 0.3) is 11.6 Å². The van der Waals surface area contributed by atoms with Gasteiger partial charge in [-0.25, -0.2) is 0 Å². The van der Waals surface area contributed by atoms with Crippen LogP contribution in [0, 0.1) is 17.0 Å². The molecule has 2 rings (SSSR count). The SMILES string of the molecule is Cc1cc(C(=O)Nc2ccc([N+](=O)[O-])cc2Cl)ccc1N. The summed E-state index contributed by atoms with van der Waals surface area (Å²) in [4.78, 5) is 22.2. The average molecular weight is 306 g/mol. The van der Waals surface area contributed by atoms with Gasteiger partial charge in [-0.15, -0.1) is 0 Å². The van der Waals surface area contributed by atoms with Gasteiger partial charge in [-0.05, 0) is 36.8 Å². The maximum Gasteiger partial charge on any atom is 0.271 e. The normalized spacial score (nSPS) is 10.2. The number of nitrogen functional groups attached to an aromatic ring is 1.